The lowest BCUT2D eigenvalue weighted by Crippen LogP contribution is -2.02. The van der Waals surface area contributed by atoms with Crippen molar-refractivity contribution in [1.29, 1.82) is 0 Å². The van der Waals surface area contributed by atoms with Gasteiger partial charge in [0, 0.05) is 41.8 Å². The normalized spacial score (nSPS) is 12.3. The summed E-state index contributed by atoms with van der Waals surface area (Å²) in [6, 6.07) is 23.3. The molecule has 2 aliphatic rings. The molecule has 3 heterocycles. The Morgan fingerprint density at radius 2 is 0.881 bits per heavy atom. The number of benzene rings is 5. The number of hydrogen-bond acceptors (Lipinski definition) is 6. The van der Waals surface area contributed by atoms with Gasteiger partial charge in [0.15, 0.2) is 46.0 Å². The van der Waals surface area contributed by atoms with Gasteiger partial charge in [0.05, 0.1) is 20.1 Å². The molecule has 10 heteroatoms. The Bertz CT molecular complexity index is 2070. The van der Waals surface area contributed by atoms with Gasteiger partial charge in [-0.2, -0.15) is 0 Å². The van der Waals surface area contributed by atoms with Gasteiger partial charge in [-0.3, -0.25) is 0 Å². The molecule has 0 radical (unpaired) electrons. The van der Waals surface area contributed by atoms with Gasteiger partial charge in [-0.05, 0) is 41.5 Å². The van der Waals surface area contributed by atoms with E-state index < -0.39 is 5.63 Å². The van der Waals surface area contributed by atoms with Gasteiger partial charge in [-0.15, -0.1) is 0 Å². The van der Waals surface area contributed by atoms with Crippen molar-refractivity contribution in [2.75, 3.05) is 0 Å². The van der Waals surface area contributed by atoms with E-state index in [1.54, 1.807) is 36.4 Å². The summed E-state index contributed by atoms with van der Waals surface area (Å²) in [6.45, 7) is 1.83. The summed E-state index contributed by atoms with van der Waals surface area (Å²) < 4.78 is 28.5. The van der Waals surface area contributed by atoms with Gasteiger partial charge in [0.25, 0.3) is 0 Å². The molecule has 0 unspecified atom stereocenters. The zero-order valence-electron chi connectivity index (χ0n) is 21.5. The predicted molar refractivity (Wildman–Crippen MR) is 164 cm³/mol. The standard InChI is InChI=1S/C16H8Cl2O4.C16H8Cl2O2/c1-7-2-16(19)22-11-6-15-12(3-8(7)11)20-13-4-9(17)10(18)5-14(13)21-15;17-11-7-15-16(8-12(11)18)20-14-6-10-4-2-1-3-9(10)5-13(14)19-15/h2-6H,1H3;1-8H. The van der Waals surface area contributed by atoms with Crippen LogP contribution >= 0.6 is 46.4 Å². The molecule has 1 aromatic heterocycles. The van der Waals surface area contributed by atoms with E-state index in [1.165, 1.54) is 6.07 Å². The van der Waals surface area contributed by atoms with Crippen LogP contribution in [0.3, 0.4) is 0 Å². The fourth-order valence-corrected chi connectivity index (χ4v) is 5.27. The van der Waals surface area contributed by atoms with E-state index in [9.17, 15) is 4.79 Å². The molecule has 0 aliphatic carbocycles. The Hall–Kier alpha value is -4.07. The molecule has 42 heavy (non-hydrogen) atoms. The molecule has 0 fully saturated rings. The summed E-state index contributed by atoms with van der Waals surface area (Å²) in [4.78, 5) is 11.5. The van der Waals surface area contributed by atoms with Crippen molar-refractivity contribution in [1.82, 2.24) is 0 Å². The minimum Gasteiger partial charge on any atom is -0.449 e. The average Bonchev–Trinajstić information content (AvgIpc) is 2.95. The highest BCUT2D eigenvalue weighted by molar-refractivity contribution is 6.42. The van der Waals surface area contributed by atoms with Gasteiger partial charge in [-0.1, -0.05) is 70.7 Å². The largest absolute Gasteiger partial charge is 0.449 e. The molecule has 0 bridgehead atoms. The van der Waals surface area contributed by atoms with Gasteiger partial charge in [0.1, 0.15) is 5.58 Å². The maximum absolute atomic E-state index is 11.5. The summed E-state index contributed by atoms with van der Waals surface area (Å²) in [7, 11) is 0. The first kappa shape index (κ1) is 26.8. The van der Waals surface area contributed by atoms with Crippen LogP contribution in [-0.4, -0.2) is 0 Å². The number of halogens is 4. The molecule has 5 aromatic carbocycles. The van der Waals surface area contributed by atoms with Crippen LogP contribution in [-0.2, 0) is 0 Å². The Morgan fingerprint density at radius 3 is 1.33 bits per heavy atom. The molecule has 0 N–H and O–H groups in total. The Balaban J connectivity index is 0.000000138. The molecule has 0 atom stereocenters. The van der Waals surface area contributed by atoms with Crippen molar-refractivity contribution < 1.29 is 23.4 Å². The minimum atomic E-state index is -0.406. The number of fused-ring (bicyclic) bond motifs is 6. The number of aryl methyl sites for hydroxylation is 1. The molecule has 0 saturated carbocycles. The first-order valence-corrected chi connectivity index (χ1v) is 14.0. The van der Waals surface area contributed by atoms with Gasteiger partial charge in [0.2, 0.25) is 0 Å². The zero-order chi connectivity index (χ0) is 29.1. The fraction of sp³-hybridized carbons (Fsp3) is 0.0312. The van der Waals surface area contributed by atoms with Crippen LogP contribution in [0.2, 0.25) is 20.1 Å². The molecule has 0 amide bonds. The van der Waals surface area contributed by atoms with Crippen LogP contribution in [0.1, 0.15) is 5.56 Å². The van der Waals surface area contributed by atoms with Crippen molar-refractivity contribution >= 4 is 68.1 Å². The van der Waals surface area contributed by atoms with Crippen molar-refractivity contribution in [2.24, 2.45) is 0 Å². The van der Waals surface area contributed by atoms with Crippen LogP contribution in [0.5, 0.6) is 46.0 Å². The zero-order valence-corrected chi connectivity index (χ0v) is 24.5. The highest BCUT2D eigenvalue weighted by Gasteiger charge is 2.23. The summed E-state index contributed by atoms with van der Waals surface area (Å²) in [5.74, 6) is 4.41. The van der Waals surface area contributed by atoms with E-state index in [1.807, 2.05) is 43.3 Å². The fourth-order valence-electron chi connectivity index (χ4n) is 4.66. The summed E-state index contributed by atoms with van der Waals surface area (Å²) in [5.41, 5.74) is 0.838. The second-order valence-electron chi connectivity index (χ2n) is 9.52. The molecule has 0 saturated heterocycles. The summed E-state index contributed by atoms with van der Waals surface area (Å²) in [6.07, 6.45) is 0. The lowest BCUT2D eigenvalue weighted by atomic mass is 10.1. The van der Waals surface area contributed by atoms with Crippen LogP contribution < -0.4 is 24.6 Å². The molecule has 2 aliphatic heterocycles. The SMILES string of the molecule is Cc1cc(=O)oc2cc3c(cc12)Oc1cc(Cl)c(Cl)cc1O3.Clc1cc2c(cc1Cl)Oc1cc3ccccc3cc1O2. The van der Waals surface area contributed by atoms with Crippen LogP contribution in [0.25, 0.3) is 21.7 Å². The highest BCUT2D eigenvalue weighted by Crippen LogP contribution is 2.50. The van der Waals surface area contributed by atoms with Gasteiger partial charge < -0.3 is 23.4 Å². The molecule has 6 aromatic rings. The van der Waals surface area contributed by atoms with Crippen molar-refractivity contribution in [2.45, 2.75) is 6.92 Å². The third-order valence-corrected chi connectivity index (χ3v) is 8.12. The van der Waals surface area contributed by atoms with Gasteiger partial charge >= 0.3 is 5.63 Å². The van der Waals surface area contributed by atoms with Crippen LogP contribution in [0.15, 0.2) is 88.1 Å². The summed E-state index contributed by atoms with van der Waals surface area (Å²) >= 11 is 24.0. The maximum Gasteiger partial charge on any atom is 0.336 e. The Kier molecular flexibility index (Phi) is 6.59. The van der Waals surface area contributed by atoms with Crippen molar-refractivity contribution in [3.05, 3.63) is 115 Å². The van der Waals surface area contributed by atoms with Crippen molar-refractivity contribution in [3.8, 4) is 46.0 Å². The Morgan fingerprint density at radius 1 is 0.500 bits per heavy atom. The molecule has 6 nitrogen and oxygen atoms in total. The van der Waals surface area contributed by atoms with Gasteiger partial charge in [-0.25, -0.2) is 4.79 Å². The second kappa shape index (κ2) is 10.3. The average molecular weight is 638 g/mol. The molecular formula is C32H16Cl4O6. The van der Waals surface area contributed by atoms with E-state index in [-0.39, 0.29) is 0 Å². The first-order chi connectivity index (χ1) is 20.2. The number of rotatable bonds is 0. The molecule has 0 spiro atoms. The van der Waals surface area contributed by atoms with Crippen LogP contribution in [0, 0.1) is 6.92 Å². The third-order valence-electron chi connectivity index (χ3n) is 6.68. The maximum atomic E-state index is 11.5. The topological polar surface area (TPSA) is 67.1 Å². The third kappa shape index (κ3) is 4.86. The molecule has 208 valence electrons. The molecular weight excluding hydrogens is 622 g/mol. The lowest BCUT2D eigenvalue weighted by Gasteiger charge is -2.21. The monoisotopic (exact) mass is 636 g/mol. The lowest BCUT2D eigenvalue weighted by molar-refractivity contribution is 0.359. The van der Waals surface area contributed by atoms with E-state index in [4.69, 9.17) is 69.8 Å². The number of hydrogen-bond donors (Lipinski definition) is 0. The van der Waals surface area contributed by atoms with Crippen molar-refractivity contribution in [3.63, 3.8) is 0 Å². The van der Waals surface area contributed by atoms with Crippen LogP contribution in [0.4, 0.5) is 0 Å². The number of ether oxygens (including phenoxy) is 4. The Labute approximate surface area is 258 Å². The van der Waals surface area contributed by atoms with E-state index in [0.29, 0.717) is 71.7 Å². The quantitative estimate of drug-likeness (QED) is 0.154. The summed E-state index contributed by atoms with van der Waals surface area (Å²) in [5, 5.41) is 4.62. The molecule has 8 rings (SSSR count). The smallest absolute Gasteiger partial charge is 0.336 e. The second-order valence-corrected chi connectivity index (χ2v) is 11.2. The first-order valence-electron chi connectivity index (χ1n) is 12.5. The minimum absolute atomic E-state index is 0.371. The van der Waals surface area contributed by atoms with E-state index in [2.05, 4.69) is 0 Å². The predicted octanol–water partition coefficient (Wildman–Crippen LogP) is 11.4. The van der Waals surface area contributed by atoms with E-state index in [0.717, 1.165) is 21.7 Å². The van der Waals surface area contributed by atoms with E-state index >= 15 is 0 Å². The highest BCUT2D eigenvalue weighted by atomic mass is 35.5.